The summed E-state index contributed by atoms with van der Waals surface area (Å²) in [4.78, 5) is 45.6. The highest BCUT2D eigenvalue weighted by Crippen LogP contribution is 2.32. The van der Waals surface area contributed by atoms with E-state index in [9.17, 15) is 19.5 Å². The molecule has 240 valence electrons. The van der Waals surface area contributed by atoms with Crippen LogP contribution in [-0.4, -0.2) is 81.9 Å². The number of likely N-dealkylation sites (tertiary alicyclic amines) is 1. The fourth-order valence-corrected chi connectivity index (χ4v) is 7.07. The van der Waals surface area contributed by atoms with E-state index in [0.29, 0.717) is 57.4 Å². The minimum atomic E-state index is -0.762. The van der Waals surface area contributed by atoms with Crippen LogP contribution in [-0.2, 0) is 32.6 Å². The van der Waals surface area contributed by atoms with Crippen LogP contribution in [0.15, 0.2) is 42.6 Å². The van der Waals surface area contributed by atoms with E-state index in [2.05, 4.69) is 5.32 Å². The Hall–Kier alpha value is -3.51. The number of carbonyl (C=O) groups is 3. The minimum Gasteiger partial charge on any atom is -0.481 e. The summed E-state index contributed by atoms with van der Waals surface area (Å²) in [5, 5.41) is 14.9. The Morgan fingerprint density at radius 1 is 1.16 bits per heavy atom. The van der Waals surface area contributed by atoms with Crippen molar-refractivity contribution in [2.75, 3.05) is 31.6 Å². The first-order chi connectivity index (χ1) is 21.7. The van der Waals surface area contributed by atoms with E-state index in [1.54, 1.807) is 11.1 Å². The molecule has 1 saturated carbocycles. The number of hydroxylamine groups is 2. The number of hydrogen-bond acceptors (Lipinski definition) is 6. The summed E-state index contributed by atoms with van der Waals surface area (Å²) in [5.41, 5.74) is 1.60. The van der Waals surface area contributed by atoms with Crippen molar-refractivity contribution in [3.05, 3.63) is 64.6 Å². The topological polar surface area (TPSA) is 113 Å². The average Bonchev–Trinajstić information content (AvgIpc) is 3.78. The number of amides is 2. The highest BCUT2D eigenvalue weighted by Gasteiger charge is 2.40. The van der Waals surface area contributed by atoms with Gasteiger partial charge in [-0.3, -0.25) is 19.2 Å². The molecule has 0 radical (unpaired) electrons. The number of halogens is 2. The predicted molar refractivity (Wildman–Crippen MR) is 167 cm³/mol. The number of anilines is 1. The van der Waals surface area contributed by atoms with Gasteiger partial charge in [0, 0.05) is 37.2 Å². The number of carbonyl (C=O) groups excluding carboxylic acids is 2. The number of benzene rings is 2. The maximum absolute atomic E-state index is 15.4. The molecule has 10 nitrogen and oxygen atoms in total. The Kier molecular flexibility index (Phi) is 9.41. The number of hydrogen-bond donors (Lipinski definition) is 2. The fraction of sp³-hybridized carbons (Fsp3) is 0.485. The number of aromatic nitrogens is 1. The molecule has 3 aliphatic rings. The first-order valence-corrected chi connectivity index (χ1v) is 15.9. The van der Waals surface area contributed by atoms with Crippen LogP contribution in [0.25, 0.3) is 10.9 Å². The number of fused-ring (bicyclic) bond motifs is 1. The summed E-state index contributed by atoms with van der Waals surface area (Å²) in [6.07, 6.45) is 5.56. The fourth-order valence-electron chi connectivity index (χ4n) is 6.84. The van der Waals surface area contributed by atoms with Gasteiger partial charge >= 0.3 is 5.97 Å². The molecule has 2 N–H and O–H groups in total. The molecule has 12 heteroatoms. The van der Waals surface area contributed by atoms with Gasteiger partial charge in [-0.2, -0.15) is 5.06 Å². The second-order valence-corrected chi connectivity index (χ2v) is 12.7. The standard InChI is InChI=1S/C33H38ClFN4O6/c1-37-18-26(25-5-2-3-6-30(25)37)32(41)36-29-16-28(35)21(13-27(29)34)14-31(40)38-17-22(39-11-4-12-45-39)15-23(38)19-44-24-9-7-20(8-10-24)33(42)43/h2-3,5-6,13,16,18,20,22-24H,4,7-12,14-15,17,19H2,1H3,(H,36,41)(H,42,43)/t20-,22-,23-,24-/m0/s1. The molecule has 3 aromatic rings. The minimum absolute atomic E-state index is 0.00730. The van der Waals surface area contributed by atoms with Crippen LogP contribution in [0.2, 0.25) is 5.02 Å². The Morgan fingerprint density at radius 2 is 1.93 bits per heavy atom. The molecule has 2 aromatic carbocycles. The number of carboxylic acid groups (broad SMARTS) is 1. The van der Waals surface area contributed by atoms with Crippen molar-refractivity contribution in [2.24, 2.45) is 13.0 Å². The third-order valence-corrected chi connectivity index (χ3v) is 9.63. The third kappa shape index (κ3) is 6.86. The number of rotatable bonds is 9. The highest BCUT2D eigenvalue weighted by molar-refractivity contribution is 6.34. The molecular weight excluding hydrogens is 603 g/mol. The lowest BCUT2D eigenvalue weighted by atomic mass is 9.87. The first-order valence-electron chi connectivity index (χ1n) is 15.5. The van der Waals surface area contributed by atoms with Crippen LogP contribution in [0.5, 0.6) is 0 Å². The molecule has 3 fully saturated rings. The van der Waals surface area contributed by atoms with Crippen molar-refractivity contribution in [3.8, 4) is 0 Å². The largest absolute Gasteiger partial charge is 0.481 e. The molecule has 1 aliphatic carbocycles. The molecule has 2 aliphatic heterocycles. The van der Waals surface area contributed by atoms with E-state index < -0.39 is 17.7 Å². The van der Waals surface area contributed by atoms with Crippen molar-refractivity contribution < 1.29 is 33.5 Å². The van der Waals surface area contributed by atoms with Crippen LogP contribution in [0.1, 0.15) is 54.4 Å². The number of ether oxygens (including phenoxy) is 1. The van der Waals surface area contributed by atoms with E-state index in [1.807, 2.05) is 40.9 Å². The summed E-state index contributed by atoms with van der Waals surface area (Å²) in [7, 11) is 1.85. The normalized spacial score (nSPS) is 23.9. The summed E-state index contributed by atoms with van der Waals surface area (Å²) in [6, 6.07) is 9.85. The number of para-hydroxylation sites is 1. The van der Waals surface area contributed by atoms with Gasteiger partial charge in [0.1, 0.15) is 5.82 Å². The number of aryl methyl sites for hydroxylation is 1. The Labute approximate surface area is 266 Å². The second kappa shape index (κ2) is 13.5. The first kappa shape index (κ1) is 31.5. The number of nitrogens with zero attached hydrogens (tertiary/aromatic N) is 3. The zero-order valence-electron chi connectivity index (χ0n) is 25.2. The van der Waals surface area contributed by atoms with Crippen molar-refractivity contribution >= 4 is 46.0 Å². The Morgan fingerprint density at radius 3 is 2.67 bits per heavy atom. The zero-order chi connectivity index (χ0) is 31.7. The van der Waals surface area contributed by atoms with E-state index in [-0.39, 0.29) is 52.7 Å². The molecule has 0 unspecified atom stereocenters. The van der Waals surface area contributed by atoms with E-state index in [1.165, 1.54) is 6.07 Å². The summed E-state index contributed by atoms with van der Waals surface area (Å²) in [6.45, 7) is 2.19. The summed E-state index contributed by atoms with van der Waals surface area (Å²) < 4.78 is 23.5. The monoisotopic (exact) mass is 640 g/mol. The van der Waals surface area contributed by atoms with E-state index in [4.69, 9.17) is 21.2 Å². The quantitative estimate of drug-likeness (QED) is 0.337. The van der Waals surface area contributed by atoms with Gasteiger partial charge < -0.3 is 24.6 Å². The van der Waals surface area contributed by atoms with Crippen molar-refractivity contribution in [1.82, 2.24) is 14.5 Å². The average molecular weight is 641 g/mol. The second-order valence-electron chi connectivity index (χ2n) is 12.3. The molecule has 6 rings (SSSR count). The van der Waals surface area contributed by atoms with Gasteiger partial charge in [-0.25, -0.2) is 4.39 Å². The van der Waals surface area contributed by atoms with Gasteiger partial charge in [0.25, 0.3) is 5.91 Å². The highest BCUT2D eigenvalue weighted by atomic mass is 35.5. The maximum Gasteiger partial charge on any atom is 0.306 e. The van der Waals surface area contributed by atoms with Gasteiger partial charge in [0.15, 0.2) is 0 Å². The van der Waals surface area contributed by atoms with Crippen molar-refractivity contribution in [1.29, 1.82) is 0 Å². The Bertz CT molecular complexity index is 1580. The van der Waals surface area contributed by atoms with Crippen LogP contribution in [0.4, 0.5) is 10.1 Å². The SMILES string of the molecule is Cn1cc(C(=O)Nc2cc(F)c(CC(=O)N3C[C@@H](N4CCCO4)C[C@H]3CO[C@H]3CC[C@H](C(=O)O)CC3)cc2Cl)c2ccccc21. The van der Waals surface area contributed by atoms with Gasteiger partial charge in [-0.15, -0.1) is 0 Å². The number of carboxylic acids is 1. The molecule has 0 bridgehead atoms. The number of aliphatic carboxylic acids is 1. The molecule has 2 atom stereocenters. The molecular formula is C33H38ClFN4O6. The summed E-state index contributed by atoms with van der Waals surface area (Å²) >= 11 is 6.51. The lowest BCUT2D eigenvalue weighted by molar-refractivity contribution is -0.144. The van der Waals surface area contributed by atoms with E-state index in [0.717, 1.165) is 29.9 Å². The molecule has 0 spiro atoms. The van der Waals surface area contributed by atoms with Gasteiger partial charge in [-0.05, 0) is 62.3 Å². The lowest BCUT2D eigenvalue weighted by Crippen LogP contribution is -2.41. The van der Waals surface area contributed by atoms with Crippen LogP contribution in [0.3, 0.4) is 0 Å². The number of nitrogens with one attached hydrogen (secondary N) is 1. The zero-order valence-corrected chi connectivity index (χ0v) is 26.0. The van der Waals surface area contributed by atoms with Crippen molar-refractivity contribution in [2.45, 2.75) is 63.1 Å². The van der Waals surface area contributed by atoms with Gasteiger partial charge in [-0.1, -0.05) is 29.8 Å². The molecule has 1 aromatic heterocycles. The summed E-state index contributed by atoms with van der Waals surface area (Å²) in [5.74, 6) is -2.39. The lowest BCUT2D eigenvalue weighted by Gasteiger charge is -2.30. The third-order valence-electron chi connectivity index (χ3n) is 9.32. The Balaban J connectivity index is 1.12. The smallest absolute Gasteiger partial charge is 0.306 e. The van der Waals surface area contributed by atoms with Crippen LogP contribution >= 0.6 is 11.6 Å². The molecule has 2 amide bonds. The maximum atomic E-state index is 15.4. The van der Waals surface area contributed by atoms with Crippen molar-refractivity contribution in [3.63, 3.8) is 0 Å². The molecule has 45 heavy (non-hydrogen) atoms. The van der Waals surface area contributed by atoms with Gasteiger partial charge in [0.05, 0.1) is 60.0 Å². The van der Waals surface area contributed by atoms with Gasteiger partial charge in [0.2, 0.25) is 5.91 Å². The predicted octanol–water partition coefficient (Wildman–Crippen LogP) is 5.03. The molecule has 3 heterocycles. The van der Waals surface area contributed by atoms with E-state index >= 15 is 4.39 Å². The van der Waals surface area contributed by atoms with Crippen LogP contribution < -0.4 is 5.32 Å². The molecule has 2 saturated heterocycles. The van der Waals surface area contributed by atoms with Crippen LogP contribution in [0, 0.1) is 11.7 Å².